The molecule has 1 aromatic heterocycles. The highest BCUT2D eigenvalue weighted by molar-refractivity contribution is 5.96. The molecule has 1 amide bonds. The molecule has 27 heavy (non-hydrogen) atoms. The Balaban J connectivity index is 1.56. The summed E-state index contributed by atoms with van der Waals surface area (Å²) in [5, 5.41) is 4.02. The van der Waals surface area contributed by atoms with Gasteiger partial charge in [0.1, 0.15) is 0 Å². The second kappa shape index (κ2) is 6.57. The van der Waals surface area contributed by atoms with E-state index in [2.05, 4.69) is 10.1 Å². The van der Waals surface area contributed by atoms with E-state index < -0.39 is 11.6 Å². The molecule has 2 heterocycles. The van der Waals surface area contributed by atoms with Crippen molar-refractivity contribution in [2.24, 2.45) is 0 Å². The van der Waals surface area contributed by atoms with Crippen LogP contribution in [0, 0.1) is 25.5 Å². The molecule has 0 radical (unpaired) electrons. The summed E-state index contributed by atoms with van der Waals surface area (Å²) < 4.78 is 32.0. The van der Waals surface area contributed by atoms with Gasteiger partial charge in [0.15, 0.2) is 17.5 Å². The van der Waals surface area contributed by atoms with Crippen LogP contribution in [-0.2, 0) is 4.79 Å². The Labute approximate surface area is 154 Å². The van der Waals surface area contributed by atoms with Gasteiger partial charge < -0.3 is 9.42 Å². The lowest BCUT2D eigenvalue weighted by Crippen LogP contribution is -2.24. The maximum atomic E-state index is 13.5. The number of hydrogen-bond acceptors (Lipinski definition) is 4. The van der Waals surface area contributed by atoms with Crippen molar-refractivity contribution in [1.29, 1.82) is 0 Å². The molecule has 4 rings (SSSR count). The summed E-state index contributed by atoms with van der Waals surface area (Å²) in [6, 6.07) is 9.28. The number of benzene rings is 2. The summed E-state index contributed by atoms with van der Waals surface area (Å²) in [5.41, 5.74) is 3.42. The molecule has 0 bridgehead atoms. The van der Waals surface area contributed by atoms with E-state index in [0.717, 1.165) is 23.3 Å². The second-order valence-electron chi connectivity index (χ2n) is 6.76. The Bertz CT molecular complexity index is 1030. The summed E-state index contributed by atoms with van der Waals surface area (Å²) in [6.07, 6.45) is 0.185. The molecule has 1 unspecified atom stereocenters. The van der Waals surface area contributed by atoms with Gasteiger partial charge in [-0.1, -0.05) is 11.2 Å². The Hall–Kier alpha value is -3.09. The fourth-order valence-electron chi connectivity index (χ4n) is 3.18. The van der Waals surface area contributed by atoms with Crippen molar-refractivity contribution in [3.63, 3.8) is 0 Å². The molecular weight excluding hydrogens is 352 g/mol. The van der Waals surface area contributed by atoms with Gasteiger partial charge >= 0.3 is 0 Å². The Kier molecular flexibility index (Phi) is 4.22. The molecule has 0 spiro atoms. The minimum Gasteiger partial charge on any atom is -0.334 e. The van der Waals surface area contributed by atoms with Gasteiger partial charge in [-0.15, -0.1) is 0 Å². The number of hydrogen-bond donors (Lipinski definition) is 0. The highest BCUT2D eigenvalue weighted by Gasteiger charge is 2.35. The number of carbonyl (C=O) groups excluding carboxylic acids is 1. The van der Waals surface area contributed by atoms with Crippen molar-refractivity contribution in [3.05, 3.63) is 65.0 Å². The van der Waals surface area contributed by atoms with Crippen molar-refractivity contribution in [3.8, 4) is 11.5 Å². The summed E-state index contributed by atoms with van der Waals surface area (Å²) in [6.45, 7) is 4.32. The van der Waals surface area contributed by atoms with Gasteiger partial charge in [-0.05, 0) is 49.2 Å². The monoisotopic (exact) mass is 369 g/mol. The summed E-state index contributed by atoms with van der Waals surface area (Å²) in [4.78, 5) is 18.2. The molecule has 5 nitrogen and oxygen atoms in total. The average molecular weight is 369 g/mol. The number of nitrogens with zero attached hydrogens (tertiary/aromatic N) is 3. The zero-order valence-corrected chi connectivity index (χ0v) is 14.9. The van der Waals surface area contributed by atoms with Gasteiger partial charge in [0.2, 0.25) is 5.91 Å². The first kappa shape index (κ1) is 17.3. The van der Waals surface area contributed by atoms with E-state index >= 15 is 0 Å². The SMILES string of the molecule is Cc1ccc(-c2nc(C3CC(=O)N(c4ccc(F)c(F)c4)C3)no2)cc1C. The van der Waals surface area contributed by atoms with E-state index in [-0.39, 0.29) is 24.8 Å². The fraction of sp³-hybridized carbons (Fsp3) is 0.250. The van der Waals surface area contributed by atoms with Gasteiger partial charge in [-0.2, -0.15) is 4.98 Å². The number of anilines is 1. The topological polar surface area (TPSA) is 59.2 Å². The average Bonchev–Trinajstić information content (AvgIpc) is 3.27. The van der Waals surface area contributed by atoms with Gasteiger partial charge in [0.05, 0.1) is 0 Å². The molecule has 1 atom stereocenters. The van der Waals surface area contributed by atoms with E-state index in [1.165, 1.54) is 16.5 Å². The maximum Gasteiger partial charge on any atom is 0.257 e. The standard InChI is InChI=1S/C20H17F2N3O2/c1-11-3-4-13(7-12(11)2)20-23-19(24-27-20)14-8-18(26)25(10-14)15-5-6-16(21)17(22)9-15/h3-7,9,14H,8,10H2,1-2H3. The van der Waals surface area contributed by atoms with Gasteiger partial charge in [0, 0.05) is 36.2 Å². The number of rotatable bonds is 3. The first-order valence-corrected chi connectivity index (χ1v) is 8.59. The van der Waals surface area contributed by atoms with Gasteiger partial charge in [-0.25, -0.2) is 8.78 Å². The van der Waals surface area contributed by atoms with Gasteiger partial charge in [0.25, 0.3) is 5.89 Å². The molecule has 3 aromatic rings. The normalized spacial score (nSPS) is 17.0. The predicted octanol–water partition coefficient (Wildman–Crippen LogP) is 4.15. The van der Waals surface area contributed by atoms with Crippen molar-refractivity contribution < 1.29 is 18.1 Å². The largest absolute Gasteiger partial charge is 0.334 e. The van der Waals surface area contributed by atoms with E-state index in [1.807, 2.05) is 32.0 Å². The van der Waals surface area contributed by atoms with E-state index in [1.54, 1.807) is 0 Å². The highest BCUT2D eigenvalue weighted by atomic mass is 19.2. The van der Waals surface area contributed by atoms with Crippen LogP contribution in [-0.4, -0.2) is 22.6 Å². The van der Waals surface area contributed by atoms with E-state index in [4.69, 9.17) is 4.52 Å². The molecule has 1 aliphatic heterocycles. The van der Waals surface area contributed by atoms with Crippen LogP contribution in [0.3, 0.4) is 0 Å². The van der Waals surface area contributed by atoms with E-state index in [9.17, 15) is 13.6 Å². The number of aryl methyl sites for hydroxylation is 2. The molecule has 1 saturated heterocycles. The van der Waals surface area contributed by atoms with Crippen LogP contribution in [0.25, 0.3) is 11.5 Å². The lowest BCUT2D eigenvalue weighted by Gasteiger charge is -2.16. The quantitative estimate of drug-likeness (QED) is 0.696. The third-order valence-corrected chi connectivity index (χ3v) is 4.90. The molecular formula is C20H17F2N3O2. The van der Waals surface area contributed by atoms with Crippen LogP contribution in [0.2, 0.25) is 0 Å². The molecule has 0 N–H and O–H groups in total. The second-order valence-corrected chi connectivity index (χ2v) is 6.76. The smallest absolute Gasteiger partial charge is 0.257 e. The lowest BCUT2D eigenvalue weighted by molar-refractivity contribution is -0.117. The Morgan fingerprint density at radius 3 is 2.63 bits per heavy atom. The minimum absolute atomic E-state index is 0.185. The highest BCUT2D eigenvalue weighted by Crippen LogP contribution is 2.32. The molecule has 1 aliphatic rings. The molecule has 0 saturated carbocycles. The number of aromatic nitrogens is 2. The third kappa shape index (κ3) is 3.20. The molecule has 138 valence electrons. The first-order valence-electron chi connectivity index (χ1n) is 8.59. The molecule has 7 heteroatoms. The van der Waals surface area contributed by atoms with Gasteiger partial charge in [-0.3, -0.25) is 4.79 Å². The first-order chi connectivity index (χ1) is 12.9. The summed E-state index contributed by atoms with van der Waals surface area (Å²) in [7, 11) is 0. The maximum absolute atomic E-state index is 13.5. The zero-order valence-electron chi connectivity index (χ0n) is 14.9. The lowest BCUT2D eigenvalue weighted by atomic mass is 10.1. The number of halogens is 2. The zero-order chi connectivity index (χ0) is 19.1. The van der Waals surface area contributed by atoms with Crippen LogP contribution in [0.1, 0.15) is 29.3 Å². The third-order valence-electron chi connectivity index (χ3n) is 4.90. The van der Waals surface area contributed by atoms with Crippen LogP contribution in [0.5, 0.6) is 0 Å². The summed E-state index contributed by atoms with van der Waals surface area (Å²) in [5.74, 6) is -1.56. The Morgan fingerprint density at radius 1 is 1.07 bits per heavy atom. The van der Waals surface area contributed by atoms with Crippen molar-refractivity contribution in [2.75, 3.05) is 11.4 Å². The van der Waals surface area contributed by atoms with Crippen LogP contribution in [0.4, 0.5) is 14.5 Å². The molecule has 2 aromatic carbocycles. The minimum atomic E-state index is -0.986. The molecule has 0 aliphatic carbocycles. The van der Waals surface area contributed by atoms with Crippen molar-refractivity contribution in [2.45, 2.75) is 26.2 Å². The number of carbonyl (C=O) groups is 1. The van der Waals surface area contributed by atoms with Crippen molar-refractivity contribution in [1.82, 2.24) is 10.1 Å². The van der Waals surface area contributed by atoms with E-state index in [0.29, 0.717) is 17.4 Å². The molecule has 1 fully saturated rings. The summed E-state index contributed by atoms with van der Waals surface area (Å²) >= 11 is 0. The number of amides is 1. The Morgan fingerprint density at radius 2 is 1.89 bits per heavy atom. The van der Waals surface area contributed by atoms with Crippen LogP contribution < -0.4 is 4.90 Å². The fourth-order valence-corrected chi connectivity index (χ4v) is 3.18. The van der Waals surface area contributed by atoms with Crippen molar-refractivity contribution >= 4 is 11.6 Å². The van der Waals surface area contributed by atoms with Crippen LogP contribution in [0.15, 0.2) is 40.9 Å². The predicted molar refractivity (Wildman–Crippen MR) is 95.3 cm³/mol. The van der Waals surface area contributed by atoms with Crippen LogP contribution >= 0.6 is 0 Å².